The van der Waals surface area contributed by atoms with E-state index < -0.39 is 0 Å². The lowest BCUT2D eigenvalue weighted by Crippen LogP contribution is -2.13. The fourth-order valence-electron chi connectivity index (χ4n) is 8.66. The van der Waals surface area contributed by atoms with Gasteiger partial charge in [0.15, 0.2) is 0 Å². The van der Waals surface area contributed by atoms with Gasteiger partial charge in [0, 0.05) is 69.8 Å². The second-order valence-corrected chi connectivity index (χ2v) is 15.2. The third kappa shape index (κ3) is 5.92. The van der Waals surface area contributed by atoms with Gasteiger partial charge in [0.25, 0.3) is 0 Å². The van der Waals surface area contributed by atoms with Gasteiger partial charge in [-0.15, -0.1) is 0 Å². The highest BCUT2D eigenvalue weighted by atomic mass is 15.2. The average Bonchev–Trinajstić information content (AvgIpc) is 3.79. The highest BCUT2D eigenvalue weighted by Gasteiger charge is 2.22. The molecule has 0 aliphatic rings. The molecule has 280 valence electrons. The first-order valence-electron chi connectivity index (χ1n) is 19.9. The number of para-hydroxylation sites is 2. The van der Waals surface area contributed by atoms with Crippen LogP contribution in [0.3, 0.4) is 0 Å². The molecule has 0 fully saturated rings. The van der Waals surface area contributed by atoms with Crippen LogP contribution in [0.4, 0.5) is 17.1 Å². The molecule has 6 nitrogen and oxygen atoms in total. The minimum absolute atomic E-state index is 0.830. The molecule has 5 heterocycles. The number of benzene rings is 6. The van der Waals surface area contributed by atoms with Crippen LogP contribution in [0.1, 0.15) is 11.1 Å². The molecule has 0 aliphatic carbocycles. The van der Waals surface area contributed by atoms with E-state index in [4.69, 9.17) is 4.98 Å². The molecule has 0 radical (unpaired) electrons. The molecule has 0 atom stereocenters. The molecule has 0 saturated heterocycles. The SMILES string of the molecule is Cc1ccc2c(c1)c1cc(C)ccc1n2-c1cc(N(c2ccc(-c3ccncc3)cc2)c2ccc(-c3ccncc3)cc2)cc(-n2c3ccccc3c3ccccc32)n1. The number of aromatic nitrogens is 5. The van der Waals surface area contributed by atoms with Gasteiger partial charge >= 0.3 is 0 Å². The van der Waals surface area contributed by atoms with Crippen LogP contribution in [-0.2, 0) is 0 Å². The van der Waals surface area contributed by atoms with Crippen molar-refractivity contribution in [3.8, 4) is 33.9 Å². The van der Waals surface area contributed by atoms with Crippen LogP contribution in [0.5, 0.6) is 0 Å². The van der Waals surface area contributed by atoms with E-state index in [1.165, 1.54) is 32.7 Å². The smallest absolute Gasteiger partial charge is 0.142 e. The third-order valence-electron chi connectivity index (χ3n) is 11.4. The molecule has 11 aromatic rings. The van der Waals surface area contributed by atoms with Gasteiger partial charge in [-0.1, -0.05) is 83.9 Å². The summed E-state index contributed by atoms with van der Waals surface area (Å²) >= 11 is 0. The van der Waals surface area contributed by atoms with Gasteiger partial charge in [0.05, 0.1) is 27.8 Å². The van der Waals surface area contributed by atoms with E-state index in [1.54, 1.807) is 0 Å². The molecule has 6 heteroatoms. The van der Waals surface area contributed by atoms with Gasteiger partial charge in [-0.25, -0.2) is 4.98 Å². The zero-order valence-electron chi connectivity index (χ0n) is 32.7. The first-order chi connectivity index (χ1) is 29.1. The van der Waals surface area contributed by atoms with Crippen LogP contribution >= 0.6 is 0 Å². The summed E-state index contributed by atoms with van der Waals surface area (Å²) < 4.78 is 4.65. The summed E-state index contributed by atoms with van der Waals surface area (Å²) in [7, 11) is 0. The molecule has 6 aromatic carbocycles. The Kier molecular flexibility index (Phi) is 8.15. The zero-order valence-corrected chi connectivity index (χ0v) is 32.7. The fourth-order valence-corrected chi connectivity index (χ4v) is 8.66. The quantitative estimate of drug-likeness (QED) is 0.162. The maximum Gasteiger partial charge on any atom is 0.142 e. The van der Waals surface area contributed by atoms with E-state index >= 15 is 0 Å². The second-order valence-electron chi connectivity index (χ2n) is 15.2. The lowest BCUT2D eigenvalue weighted by atomic mass is 10.0. The summed E-state index contributed by atoms with van der Waals surface area (Å²) in [6, 6.07) is 61.0. The van der Waals surface area contributed by atoms with Crippen molar-refractivity contribution in [2.75, 3.05) is 4.90 Å². The predicted molar refractivity (Wildman–Crippen MR) is 244 cm³/mol. The molecule has 5 aromatic heterocycles. The molecular formula is C53H38N6. The van der Waals surface area contributed by atoms with Crippen LogP contribution < -0.4 is 4.90 Å². The summed E-state index contributed by atoms with van der Waals surface area (Å²) in [4.78, 5) is 16.5. The van der Waals surface area contributed by atoms with Crippen molar-refractivity contribution in [3.05, 3.63) is 206 Å². The molecule has 59 heavy (non-hydrogen) atoms. The molecular weight excluding hydrogens is 721 g/mol. The average molecular weight is 759 g/mol. The van der Waals surface area contributed by atoms with E-state index in [9.17, 15) is 0 Å². The Bertz CT molecular complexity index is 3130. The van der Waals surface area contributed by atoms with Crippen molar-refractivity contribution in [2.24, 2.45) is 0 Å². The van der Waals surface area contributed by atoms with Gasteiger partial charge in [0.1, 0.15) is 11.6 Å². The summed E-state index contributed by atoms with van der Waals surface area (Å²) in [6.07, 6.45) is 7.36. The van der Waals surface area contributed by atoms with Crippen LogP contribution in [0.25, 0.3) is 77.5 Å². The van der Waals surface area contributed by atoms with Crippen molar-refractivity contribution in [2.45, 2.75) is 13.8 Å². The van der Waals surface area contributed by atoms with E-state index in [-0.39, 0.29) is 0 Å². The Morgan fingerprint density at radius 1 is 0.356 bits per heavy atom. The van der Waals surface area contributed by atoms with Gasteiger partial charge in [-0.2, -0.15) is 0 Å². The Morgan fingerprint density at radius 2 is 0.746 bits per heavy atom. The minimum atomic E-state index is 0.830. The number of hydrogen-bond donors (Lipinski definition) is 0. The topological polar surface area (TPSA) is 51.8 Å². The van der Waals surface area contributed by atoms with Crippen molar-refractivity contribution < 1.29 is 0 Å². The van der Waals surface area contributed by atoms with Crippen molar-refractivity contribution in [1.82, 2.24) is 24.1 Å². The largest absolute Gasteiger partial charge is 0.310 e. The molecule has 0 N–H and O–H groups in total. The Hall–Kier alpha value is -7.83. The monoisotopic (exact) mass is 758 g/mol. The van der Waals surface area contributed by atoms with Crippen molar-refractivity contribution in [3.63, 3.8) is 0 Å². The van der Waals surface area contributed by atoms with E-state index in [2.05, 4.69) is 183 Å². The third-order valence-corrected chi connectivity index (χ3v) is 11.4. The van der Waals surface area contributed by atoms with Gasteiger partial charge in [-0.3, -0.25) is 19.1 Å². The highest BCUT2D eigenvalue weighted by molar-refractivity contribution is 6.10. The first kappa shape index (κ1) is 34.4. The number of pyridine rings is 3. The molecule has 0 spiro atoms. The summed E-state index contributed by atoms with van der Waals surface area (Å²) in [5, 5.41) is 4.80. The Morgan fingerprint density at radius 3 is 1.19 bits per heavy atom. The van der Waals surface area contributed by atoms with Gasteiger partial charge in [-0.05, 0) is 121 Å². The lowest BCUT2D eigenvalue weighted by molar-refractivity contribution is 1.01. The van der Waals surface area contributed by atoms with Crippen LogP contribution in [0, 0.1) is 13.8 Å². The molecule has 11 rings (SSSR count). The number of hydrogen-bond acceptors (Lipinski definition) is 4. The van der Waals surface area contributed by atoms with E-state index in [1.807, 2.05) is 49.1 Å². The standard InChI is InChI=1S/C53H38N6/c1-35-11-21-50-46(31-35)47-32-36(2)12-22-51(47)59(50)53-34-43(33-52(56-53)58-48-9-5-3-7-44(48)45-8-4-6-10-49(45)58)57(41-17-13-37(14-18-41)39-23-27-54-28-24-39)42-19-15-38(16-20-42)40-25-29-55-30-26-40/h3-34H,1-2H3. The van der Waals surface area contributed by atoms with Crippen molar-refractivity contribution >= 4 is 60.7 Å². The number of aryl methyl sites for hydroxylation is 2. The molecule has 0 aliphatic heterocycles. The summed E-state index contributed by atoms with van der Waals surface area (Å²) in [5.74, 6) is 1.66. The maximum atomic E-state index is 5.63. The molecule has 0 bridgehead atoms. The normalized spacial score (nSPS) is 11.6. The number of nitrogens with zero attached hydrogens (tertiary/aromatic N) is 6. The van der Waals surface area contributed by atoms with Crippen molar-refractivity contribution in [1.29, 1.82) is 0 Å². The minimum Gasteiger partial charge on any atom is -0.310 e. The van der Waals surface area contributed by atoms with Gasteiger partial charge < -0.3 is 4.90 Å². The van der Waals surface area contributed by atoms with Gasteiger partial charge in [0.2, 0.25) is 0 Å². The van der Waals surface area contributed by atoms with E-state index in [0.717, 1.165) is 73.0 Å². The first-order valence-corrected chi connectivity index (χ1v) is 19.9. The highest BCUT2D eigenvalue weighted by Crippen LogP contribution is 2.41. The molecule has 0 unspecified atom stereocenters. The van der Waals surface area contributed by atoms with E-state index in [0.29, 0.717) is 0 Å². The number of fused-ring (bicyclic) bond motifs is 6. The zero-order chi connectivity index (χ0) is 39.5. The molecule has 0 amide bonds. The number of anilines is 3. The summed E-state index contributed by atoms with van der Waals surface area (Å²) in [6.45, 7) is 4.32. The van der Waals surface area contributed by atoms with Crippen LogP contribution in [0.15, 0.2) is 195 Å². The molecule has 0 saturated carbocycles. The predicted octanol–water partition coefficient (Wildman–Crippen LogP) is 13.5. The second kappa shape index (κ2) is 14.0. The van der Waals surface area contributed by atoms with Crippen LogP contribution in [-0.4, -0.2) is 24.1 Å². The lowest BCUT2D eigenvalue weighted by Gasteiger charge is -2.27. The summed E-state index contributed by atoms with van der Waals surface area (Å²) in [5.41, 5.74) is 14.4. The Labute approximate surface area is 341 Å². The Balaban J connectivity index is 1.20. The number of rotatable bonds is 7. The maximum absolute atomic E-state index is 5.63. The van der Waals surface area contributed by atoms with Crippen LogP contribution in [0.2, 0.25) is 0 Å². The fraction of sp³-hybridized carbons (Fsp3) is 0.0377.